The summed E-state index contributed by atoms with van der Waals surface area (Å²) < 4.78 is 0. The van der Waals surface area contributed by atoms with Gasteiger partial charge in [-0.1, -0.05) is 31.5 Å². The molecule has 21 heavy (non-hydrogen) atoms. The van der Waals surface area contributed by atoms with E-state index in [1.165, 1.54) is 22.4 Å². The van der Waals surface area contributed by atoms with Crippen molar-refractivity contribution in [2.75, 3.05) is 13.1 Å². The van der Waals surface area contributed by atoms with Crippen molar-refractivity contribution in [3.8, 4) is 0 Å². The maximum absolute atomic E-state index is 12.7. The van der Waals surface area contributed by atoms with E-state index in [4.69, 9.17) is 0 Å². The molecule has 1 aliphatic rings. The Hall–Kier alpha value is -0.960. The van der Waals surface area contributed by atoms with Crippen molar-refractivity contribution in [1.82, 2.24) is 4.90 Å². The number of rotatable bonds is 3. The first-order chi connectivity index (χ1) is 9.86. The molecule has 0 radical (unpaired) electrons. The molecule has 3 unspecified atom stereocenters. The van der Waals surface area contributed by atoms with E-state index in [2.05, 4.69) is 50.8 Å². The average Bonchev–Trinajstić information content (AvgIpc) is 2.41. The lowest BCUT2D eigenvalue weighted by Gasteiger charge is -2.36. The van der Waals surface area contributed by atoms with Gasteiger partial charge in [0.15, 0.2) is 0 Å². The topological polar surface area (TPSA) is 20.3 Å². The van der Waals surface area contributed by atoms with Crippen molar-refractivity contribution < 1.29 is 4.79 Å². The van der Waals surface area contributed by atoms with Gasteiger partial charge in [-0.25, -0.2) is 0 Å². The van der Waals surface area contributed by atoms with E-state index < -0.39 is 0 Å². The third-order valence-corrected chi connectivity index (χ3v) is 5.42. The average molecular weight is 305 g/mol. The molecule has 0 spiro atoms. The summed E-state index contributed by atoms with van der Waals surface area (Å²) in [6.45, 7) is 12.6. The molecule has 1 fully saturated rings. The molecule has 0 saturated carbocycles. The van der Waals surface area contributed by atoms with Gasteiger partial charge in [-0.2, -0.15) is 0 Å². The van der Waals surface area contributed by atoms with E-state index in [1.807, 2.05) is 6.92 Å². The first-order valence-corrected chi connectivity index (χ1v) is 8.77. The summed E-state index contributed by atoms with van der Waals surface area (Å²) in [4.78, 5) is 16.0. The third kappa shape index (κ3) is 4.26. The molecule has 0 aromatic heterocycles. The van der Waals surface area contributed by atoms with Crippen LogP contribution in [0, 0.1) is 25.7 Å². The minimum absolute atomic E-state index is 0.0111. The van der Waals surface area contributed by atoms with Crippen LogP contribution in [-0.2, 0) is 4.79 Å². The van der Waals surface area contributed by atoms with Gasteiger partial charge in [0.05, 0.1) is 5.25 Å². The van der Waals surface area contributed by atoms with Gasteiger partial charge in [-0.15, -0.1) is 11.8 Å². The van der Waals surface area contributed by atoms with Crippen LogP contribution in [0.25, 0.3) is 0 Å². The predicted molar refractivity (Wildman–Crippen MR) is 90.8 cm³/mol. The summed E-state index contributed by atoms with van der Waals surface area (Å²) in [5.74, 6) is 1.53. The zero-order valence-corrected chi connectivity index (χ0v) is 14.7. The van der Waals surface area contributed by atoms with Crippen LogP contribution in [0.2, 0.25) is 0 Å². The second-order valence-electron chi connectivity index (χ2n) is 6.72. The van der Waals surface area contributed by atoms with E-state index in [0.29, 0.717) is 17.7 Å². The number of carbonyl (C=O) groups excluding carboxylic acids is 1. The first-order valence-electron chi connectivity index (χ1n) is 7.89. The van der Waals surface area contributed by atoms with Crippen molar-refractivity contribution >= 4 is 17.7 Å². The second-order valence-corrected chi connectivity index (χ2v) is 8.10. The zero-order valence-electron chi connectivity index (χ0n) is 13.8. The molecule has 0 aliphatic carbocycles. The fourth-order valence-electron chi connectivity index (χ4n) is 3.18. The molecule has 0 bridgehead atoms. The number of hydrogen-bond acceptors (Lipinski definition) is 2. The lowest BCUT2D eigenvalue weighted by atomic mass is 9.92. The number of carbonyl (C=O) groups is 1. The highest BCUT2D eigenvalue weighted by Crippen LogP contribution is 2.30. The van der Waals surface area contributed by atoms with Crippen LogP contribution in [0.3, 0.4) is 0 Å². The number of aryl methyl sites for hydroxylation is 2. The summed E-state index contributed by atoms with van der Waals surface area (Å²) in [6.07, 6.45) is 1.24. The number of likely N-dealkylation sites (tertiary alicyclic amines) is 1. The number of piperidine rings is 1. The fourth-order valence-corrected chi connectivity index (χ4v) is 4.31. The largest absolute Gasteiger partial charge is 0.341 e. The highest BCUT2D eigenvalue weighted by atomic mass is 32.2. The van der Waals surface area contributed by atoms with Crippen LogP contribution in [0.5, 0.6) is 0 Å². The van der Waals surface area contributed by atoms with Crippen LogP contribution in [-0.4, -0.2) is 29.1 Å². The van der Waals surface area contributed by atoms with Crippen molar-refractivity contribution in [2.45, 2.75) is 51.2 Å². The van der Waals surface area contributed by atoms with E-state index in [9.17, 15) is 4.79 Å². The molecule has 1 aromatic rings. The van der Waals surface area contributed by atoms with E-state index in [-0.39, 0.29) is 5.25 Å². The molecule has 1 heterocycles. The smallest absolute Gasteiger partial charge is 0.235 e. The molecule has 1 saturated heterocycles. The van der Waals surface area contributed by atoms with Crippen molar-refractivity contribution in [3.05, 3.63) is 29.3 Å². The lowest BCUT2D eigenvalue weighted by Crippen LogP contribution is -2.45. The van der Waals surface area contributed by atoms with Crippen LogP contribution in [0.1, 0.15) is 38.3 Å². The molecule has 1 aromatic carbocycles. The zero-order chi connectivity index (χ0) is 15.6. The SMILES string of the molecule is Cc1ccc(C)c(SC(C)C(=O)N2CC(C)CC(C)C2)c1. The standard InChI is InChI=1S/C18H27NOS/c1-12-6-7-15(4)17(9-12)21-16(5)18(20)19-10-13(2)8-14(3)11-19/h6-7,9,13-14,16H,8,10-11H2,1-5H3. The number of hydrogen-bond donors (Lipinski definition) is 0. The molecule has 1 amide bonds. The van der Waals surface area contributed by atoms with Crippen molar-refractivity contribution in [2.24, 2.45) is 11.8 Å². The molecule has 3 atom stereocenters. The highest BCUT2D eigenvalue weighted by molar-refractivity contribution is 8.00. The third-order valence-electron chi connectivity index (χ3n) is 4.18. The molecular formula is C18H27NOS. The van der Waals surface area contributed by atoms with Crippen molar-refractivity contribution in [3.63, 3.8) is 0 Å². The Bertz CT molecular complexity index is 504. The van der Waals surface area contributed by atoms with E-state index >= 15 is 0 Å². The summed E-state index contributed by atoms with van der Waals surface area (Å²) in [5, 5.41) is -0.0111. The van der Waals surface area contributed by atoms with Gasteiger partial charge < -0.3 is 4.90 Å². The molecule has 1 aliphatic heterocycles. The maximum atomic E-state index is 12.7. The van der Waals surface area contributed by atoms with Gasteiger partial charge in [0.25, 0.3) is 0 Å². The van der Waals surface area contributed by atoms with Gasteiger partial charge in [0.2, 0.25) is 5.91 Å². The van der Waals surface area contributed by atoms with Gasteiger partial charge in [0, 0.05) is 18.0 Å². The highest BCUT2D eigenvalue weighted by Gasteiger charge is 2.28. The van der Waals surface area contributed by atoms with E-state index in [1.54, 1.807) is 11.8 Å². The molecular weight excluding hydrogens is 278 g/mol. The van der Waals surface area contributed by atoms with Crippen LogP contribution in [0.4, 0.5) is 0 Å². The van der Waals surface area contributed by atoms with Gasteiger partial charge >= 0.3 is 0 Å². The van der Waals surface area contributed by atoms with Gasteiger partial charge in [-0.05, 0) is 50.7 Å². The van der Waals surface area contributed by atoms with Crippen LogP contribution in [0.15, 0.2) is 23.1 Å². The van der Waals surface area contributed by atoms with E-state index in [0.717, 1.165) is 13.1 Å². The Labute approximate surface area is 133 Å². The fraction of sp³-hybridized carbons (Fsp3) is 0.611. The lowest BCUT2D eigenvalue weighted by molar-refractivity contribution is -0.132. The van der Waals surface area contributed by atoms with Gasteiger partial charge in [0.1, 0.15) is 0 Å². The quantitative estimate of drug-likeness (QED) is 0.777. The van der Waals surface area contributed by atoms with Crippen LogP contribution < -0.4 is 0 Å². The number of benzene rings is 1. The summed E-state index contributed by atoms with van der Waals surface area (Å²) >= 11 is 1.70. The molecule has 116 valence electrons. The Kier molecular flexibility index (Phi) is 5.37. The van der Waals surface area contributed by atoms with Crippen molar-refractivity contribution in [1.29, 1.82) is 0 Å². The summed E-state index contributed by atoms with van der Waals surface area (Å²) in [6, 6.07) is 6.45. The first kappa shape index (κ1) is 16.4. The Balaban J connectivity index is 2.04. The Morgan fingerprint density at radius 3 is 2.48 bits per heavy atom. The predicted octanol–water partition coefficient (Wildman–Crippen LogP) is 4.29. The number of nitrogens with zero attached hydrogens (tertiary/aromatic N) is 1. The molecule has 2 rings (SSSR count). The summed E-state index contributed by atoms with van der Waals surface area (Å²) in [7, 11) is 0. The summed E-state index contributed by atoms with van der Waals surface area (Å²) in [5.41, 5.74) is 2.51. The molecule has 3 heteroatoms. The minimum atomic E-state index is -0.0111. The van der Waals surface area contributed by atoms with Crippen LogP contribution >= 0.6 is 11.8 Å². The number of thioether (sulfide) groups is 1. The second kappa shape index (κ2) is 6.87. The van der Waals surface area contributed by atoms with Gasteiger partial charge in [-0.3, -0.25) is 4.79 Å². The normalized spacial score (nSPS) is 24.0. The Morgan fingerprint density at radius 1 is 1.24 bits per heavy atom. The molecule has 0 N–H and O–H groups in total. The minimum Gasteiger partial charge on any atom is -0.341 e. The molecule has 2 nitrogen and oxygen atoms in total. The maximum Gasteiger partial charge on any atom is 0.235 e. The Morgan fingerprint density at radius 2 is 1.86 bits per heavy atom. The monoisotopic (exact) mass is 305 g/mol. The number of amides is 1.